The predicted octanol–water partition coefficient (Wildman–Crippen LogP) is 3.84. The summed E-state index contributed by atoms with van der Waals surface area (Å²) in [6.07, 6.45) is 0. The second-order valence-corrected chi connectivity index (χ2v) is 6.54. The van der Waals surface area contributed by atoms with Crippen LogP contribution in [0.2, 0.25) is 0 Å². The summed E-state index contributed by atoms with van der Waals surface area (Å²) in [4.78, 5) is 15.7. The highest BCUT2D eigenvalue weighted by Crippen LogP contribution is 2.25. The van der Waals surface area contributed by atoms with Gasteiger partial charge in [0.25, 0.3) is 0 Å². The van der Waals surface area contributed by atoms with Gasteiger partial charge in [-0.25, -0.2) is 0 Å². The van der Waals surface area contributed by atoms with Gasteiger partial charge >= 0.3 is 0 Å². The van der Waals surface area contributed by atoms with Crippen molar-refractivity contribution < 1.29 is 14.3 Å². The third-order valence-electron chi connectivity index (χ3n) is 4.23. The van der Waals surface area contributed by atoms with Crippen molar-refractivity contribution in [1.82, 2.24) is 10.6 Å². The summed E-state index contributed by atoms with van der Waals surface area (Å²) in [5.41, 5.74) is 3.86. The fourth-order valence-corrected chi connectivity index (χ4v) is 2.84. The van der Waals surface area contributed by atoms with Gasteiger partial charge in [-0.3, -0.25) is 9.79 Å². The van der Waals surface area contributed by atoms with Crippen molar-refractivity contribution in [2.45, 2.75) is 33.9 Å². The Kier molecular flexibility index (Phi) is 11.0. The van der Waals surface area contributed by atoms with Crippen molar-refractivity contribution in [2.24, 2.45) is 4.99 Å². The molecule has 0 radical (unpaired) electrons. The molecule has 2 rings (SSSR count). The lowest BCUT2D eigenvalue weighted by Gasteiger charge is -2.16. The van der Waals surface area contributed by atoms with Crippen LogP contribution >= 0.6 is 24.0 Å². The van der Waals surface area contributed by atoms with E-state index in [0.717, 1.165) is 22.4 Å². The first-order valence-corrected chi connectivity index (χ1v) is 9.58. The highest BCUT2D eigenvalue weighted by molar-refractivity contribution is 14.0. The lowest BCUT2D eigenvalue weighted by Crippen LogP contribution is -2.36. The minimum Gasteiger partial charge on any atom is -0.495 e. The quantitative estimate of drug-likeness (QED) is 0.277. The van der Waals surface area contributed by atoms with Gasteiger partial charge in [0.1, 0.15) is 11.5 Å². The van der Waals surface area contributed by atoms with Crippen molar-refractivity contribution >= 4 is 41.5 Å². The second-order valence-electron chi connectivity index (χ2n) is 6.54. The van der Waals surface area contributed by atoms with Crippen molar-refractivity contribution in [2.75, 3.05) is 26.1 Å². The predicted molar refractivity (Wildman–Crippen MR) is 132 cm³/mol. The van der Waals surface area contributed by atoms with E-state index in [0.29, 0.717) is 37.1 Å². The molecule has 3 N–H and O–H groups in total. The average Bonchev–Trinajstić information content (AvgIpc) is 2.69. The minimum absolute atomic E-state index is 0. The Bertz CT molecular complexity index is 871. The van der Waals surface area contributed by atoms with Crippen LogP contribution in [-0.2, 0) is 17.9 Å². The molecule has 2 aromatic rings. The summed E-state index contributed by atoms with van der Waals surface area (Å²) in [7, 11) is 3.30. The van der Waals surface area contributed by atoms with Crippen molar-refractivity contribution in [3.63, 3.8) is 0 Å². The van der Waals surface area contributed by atoms with Crippen LogP contribution in [-0.4, -0.2) is 32.6 Å². The number of anilines is 1. The fraction of sp³-hybridized carbons (Fsp3) is 0.364. The number of benzene rings is 2. The van der Waals surface area contributed by atoms with Crippen molar-refractivity contribution in [1.29, 1.82) is 0 Å². The lowest BCUT2D eigenvalue weighted by molar-refractivity contribution is -0.114. The monoisotopic (exact) mass is 526 g/mol. The second kappa shape index (κ2) is 12.9. The molecule has 0 unspecified atom stereocenters. The lowest BCUT2D eigenvalue weighted by atomic mass is 10.1. The van der Waals surface area contributed by atoms with E-state index in [-0.39, 0.29) is 29.9 Å². The number of carbonyl (C=O) groups excluding carboxylic acids is 1. The first-order valence-electron chi connectivity index (χ1n) is 9.58. The molecular formula is C22H31IN4O3. The van der Waals surface area contributed by atoms with Crippen LogP contribution in [0.5, 0.6) is 11.5 Å². The number of methoxy groups -OCH3 is 1. The number of rotatable bonds is 8. The first-order chi connectivity index (χ1) is 14.0. The smallest absolute Gasteiger partial charge is 0.221 e. The van der Waals surface area contributed by atoms with E-state index in [9.17, 15) is 4.79 Å². The summed E-state index contributed by atoms with van der Waals surface area (Å²) in [6.45, 7) is 7.25. The maximum Gasteiger partial charge on any atom is 0.221 e. The van der Waals surface area contributed by atoms with Crippen LogP contribution in [0.15, 0.2) is 41.4 Å². The van der Waals surface area contributed by atoms with Gasteiger partial charge in [-0.1, -0.05) is 18.2 Å². The molecule has 0 atom stereocenters. The molecular weight excluding hydrogens is 495 g/mol. The van der Waals surface area contributed by atoms with Gasteiger partial charge in [-0.05, 0) is 43.2 Å². The van der Waals surface area contributed by atoms with Crippen LogP contribution in [0.3, 0.4) is 0 Å². The molecule has 0 saturated carbocycles. The SMILES string of the molecule is CCOc1cc(C)ccc1CNC(=NC)NCc1ccc(OC)c(NC(C)=O)c1.I. The number of carbonyl (C=O) groups is 1. The number of guanidine groups is 1. The van der Waals surface area contributed by atoms with E-state index in [1.54, 1.807) is 14.2 Å². The molecule has 8 heteroatoms. The maximum atomic E-state index is 11.4. The number of nitrogens with zero attached hydrogens (tertiary/aromatic N) is 1. The Labute approximate surface area is 195 Å². The summed E-state index contributed by atoms with van der Waals surface area (Å²) in [6, 6.07) is 11.8. The molecule has 0 heterocycles. The highest BCUT2D eigenvalue weighted by Gasteiger charge is 2.08. The van der Waals surface area contributed by atoms with Gasteiger partial charge in [0.15, 0.2) is 5.96 Å². The number of aliphatic imine (C=N–C) groups is 1. The highest BCUT2D eigenvalue weighted by atomic mass is 127. The van der Waals surface area contributed by atoms with E-state index in [2.05, 4.69) is 33.1 Å². The molecule has 0 aliphatic rings. The Morgan fingerprint density at radius 2 is 1.80 bits per heavy atom. The zero-order chi connectivity index (χ0) is 21.2. The molecule has 0 saturated heterocycles. The Hall–Kier alpha value is -2.49. The van der Waals surface area contributed by atoms with E-state index in [1.807, 2.05) is 38.1 Å². The molecule has 0 bridgehead atoms. The van der Waals surface area contributed by atoms with E-state index >= 15 is 0 Å². The summed E-state index contributed by atoms with van der Waals surface area (Å²) in [5.74, 6) is 2.03. The molecule has 0 aromatic heterocycles. The Morgan fingerprint density at radius 3 is 2.43 bits per heavy atom. The Morgan fingerprint density at radius 1 is 1.07 bits per heavy atom. The van der Waals surface area contributed by atoms with Crippen LogP contribution in [0.25, 0.3) is 0 Å². The van der Waals surface area contributed by atoms with Crippen molar-refractivity contribution in [3.05, 3.63) is 53.1 Å². The van der Waals surface area contributed by atoms with Crippen LogP contribution in [0.4, 0.5) is 5.69 Å². The molecule has 0 aliphatic heterocycles. The third-order valence-corrected chi connectivity index (χ3v) is 4.23. The van der Waals surface area contributed by atoms with Gasteiger partial charge in [0.2, 0.25) is 5.91 Å². The standard InChI is InChI=1S/C22H30N4O3.HI/c1-6-29-21-11-15(2)7-9-18(21)14-25-22(23-4)24-13-17-8-10-20(28-5)19(12-17)26-16(3)27;/h7-12H,6,13-14H2,1-5H3,(H,26,27)(H2,23,24,25);1H. The van der Waals surface area contributed by atoms with Crippen molar-refractivity contribution in [3.8, 4) is 11.5 Å². The van der Waals surface area contributed by atoms with Gasteiger partial charge < -0.3 is 25.4 Å². The largest absolute Gasteiger partial charge is 0.495 e. The topological polar surface area (TPSA) is 84.0 Å². The van der Waals surface area contributed by atoms with Crippen LogP contribution in [0, 0.1) is 6.92 Å². The maximum absolute atomic E-state index is 11.4. The van der Waals surface area contributed by atoms with Gasteiger partial charge in [-0.2, -0.15) is 0 Å². The molecule has 7 nitrogen and oxygen atoms in total. The molecule has 164 valence electrons. The minimum atomic E-state index is -0.144. The molecule has 30 heavy (non-hydrogen) atoms. The van der Waals surface area contributed by atoms with Gasteiger partial charge in [0, 0.05) is 32.6 Å². The fourth-order valence-electron chi connectivity index (χ4n) is 2.84. The summed E-state index contributed by atoms with van der Waals surface area (Å²) in [5, 5.41) is 9.37. The van der Waals surface area contributed by atoms with Gasteiger partial charge in [-0.15, -0.1) is 24.0 Å². The summed E-state index contributed by atoms with van der Waals surface area (Å²) < 4.78 is 11.0. The number of nitrogens with one attached hydrogen (secondary N) is 3. The van der Waals surface area contributed by atoms with Gasteiger partial charge in [0.05, 0.1) is 19.4 Å². The van der Waals surface area contributed by atoms with E-state index < -0.39 is 0 Å². The number of aryl methyl sites for hydroxylation is 1. The van der Waals surface area contributed by atoms with E-state index in [1.165, 1.54) is 6.92 Å². The van der Waals surface area contributed by atoms with Crippen LogP contribution < -0.4 is 25.4 Å². The first kappa shape index (κ1) is 25.5. The number of halogens is 1. The average molecular weight is 526 g/mol. The number of ether oxygens (including phenoxy) is 2. The molecule has 0 spiro atoms. The third kappa shape index (κ3) is 7.74. The number of amides is 1. The van der Waals surface area contributed by atoms with Crippen LogP contribution in [0.1, 0.15) is 30.5 Å². The normalized spacial score (nSPS) is 10.6. The molecule has 1 amide bonds. The number of hydrogen-bond donors (Lipinski definition) is 3. The number of hydrogen-bond acceptors (Lipinski definition) is 4. The zero-order valence-electron chi connectivity index (χ0n) is 18.2. The summed E-state index contributed by atoms with van der Waals surface area (Å²) >= 11 is 0. The Balaban J connectivity index is 0.00000450. The molecule has 0 aliphatic carbocycles. The zero-order valence-corrected chi connectivity index (χ0v) is 20.5. The molecule has 2 aromatic carbocycles. The molecule has 0 fully saturated rings. The van der Waals surface area contributed by atoms with E-state index in [4.69, 9.17) is 9.47 Å².